The van der Waals surface area contributed by atoms with E-state index in [4.69, 9.17) is 4.52 Å². The maximum atomic E-state index is 11.9. The van der Waals surface area contributed by atoms with E-state index in [0.717, 1.165) is 0 Å². The summed E-state index contributed by atoms with van der Waals surface area (Å²) in [4.78, 5) is 0.0858. The number of rotatable bonds is 5. The molecule has 16 heavy (non-hydrogen) atoms. The van der Waals surface area contributed by atoms with Gasteiger partial charge in [0.25, 0.3) is 0 Å². The Balaban J connectivity index is 2.95. The first kappa shape index (κ1) is 13.1. The van der Waals surface area contributed by atoms with Gasteiger partial charge in [-0.25, -0.2) is 8.42 Å². The van der Waals surface area contributed by atoms with Gasteiger partial charge in [-0.1, -0.05) is 5.16 Å². The van der Waals surface area contributed by atoms with Crippen molar-refractivity contribution in [1.29, 1.82) is 0 Å². The van der Waals surface area contributed by atoms with Gasteiger partial charge in [0.2, 0.25) is 0 Å². The highest BCUT2D eigenvalue weighted by Crippen LogP contribution is 2.20. The summed E-state index contributed by atoms with van der Waals surface area (Å²) in [5.74, 6) is -0.0781. The van der Waals surface area contributed by atoms with Crippen molar-refractivity contribution in [2.75, 3.05) is 19.3 Å². The van der Waals surface area contributed by atoms with E-state index in [-0.39, 0.29) is 23.0 Å². The van der Waals surface area contributed by atoms with Gasteiger partial charge < -0.3 is 14.9 Å². The van der Waals surface area contributed by atoms with Gasteiger partial charge in [0.05, 0.1) is 17.6 Å². The lowest BCUT2D eigenvalue weighted by Crippen LogP contribution is -2.30. The number of hydrogen-bond donors (Lipinski definition) is 2. The number of aromatic nitrogens is 1. The maximum absolute atomic E-state index is 11.9. The molecule has 0 saturated heterocycles. The molecule has 7 heteroatoms. The van der Waals surface area contributed by atoms with Crippen LogP contribution >= 0.6 is 0 Å². The third-order valence-corrected chi connectivity index (χ3v) is 4.16. The van der Waals surface area contributed by atoms with Crippen LogP contribution in [0.25, 0.3) is 0 Å². The van der Waals surface area contributed by atoms with Crippen LogP contribution in [0.2, 0.25) is 0 Å². The lowest BCUT2D eigenvalue weighted by atomic mass is 10.4. The van der Waals surface area contributed by atoms with Crippen molar-refractivity contribution >= 4 is 9.84 Å². The number of nitrogens with one attached hydrogen (secondary N) is 1. The summed E-state index contributed by atoms with van der Waals surface area (Å²) in [6, 6.07) is 0. The van der Waals surface area contributed by atoms with Crippen LogP contribution in [0.5, 0.6) is 0 Å². The minimum Gasteiger partial charge on any atom is -0.391 e. The number of nitrogens with zero attached hydrogens (tertiary/aromatic N) is 1. The van der Waals surface area contributed by atoms with Crippen LogP contribution in [-0.2, 0) is 9.84 Å². The highest BCUT2D eigenvalue weighted by molar-refractivity contribution is 7.91. The SMILES string of the molecule is CNCC(O)CS(=O)(=O)c1c(C)noc1C. The Morgan fingerprint density at radius 1 is 1.50 bits per heavy atom. The molecular formula is C9H16N2O4S. The standard InChI is InChI=1S/C9H16N2O4S/c1-6-9(7(2)15-11-6)16(13,14)5-8(12)4-10-3/h8,10,12H,4-5H2,1-3H3. The Kier molecular flexibility index (Phi) is 4.06. The molecule has 0 saturated carbocycles. The van der Waals surface area contributed by atoms with Gasteiger partial charge >= 0.3 is 0 Å². The monoisotopic (exact) mass is 248 g/mol. The fourth-order valence-corrected chi connectivity index (χ4v) is 3.30. The lowest BCUT2D eigenvalue weighted by Gasteiger charge is -2.09. The molecule has 2 N–H and O–H groups in total. The van der Waals surface area contributed by atoms with Crippen molar-refractivity contribution in [1.82, 2.24) is 10.5 Å². The second-order valence-electron chi connectivity index (χ2n) is 3.65. The highest BCUT2D eigenvalue weighted by atomic mass is 32.2. The average molecular weight is 248 g/mol. The molecule has 1 aromatic heterocycles. The molecule has 1 aromatic rings. The summed E-state index contributed by atoms with van der Waals surface area (Å²) in [6.45, 7) is 3.33. The van der Waals surface area contributed by atoms with E-state index < -0.39 is 15.9 Å². The summed E-state index contributed by atoms with van der Waals surface area (Å²) < 4.78 is 28.7. The maximum Gasteiger partial charge on any atom is 0.186 e. The molecule has 92 valence electrons. The molecule has 0 fully saturated rings. The van der Waals surface area contributed by atoms with Crippen LogP contribution in [-0.4, -0.2) is 44.1 Å². The van der Waals surface area contributed by atoms with Gasteiger partial charge in [0, 0.05) is 6.54 Å². The van der Waals surface area contributed by atoms with Crippen molar-refractivity contribution in [2.24, 2.45) is 0 Å². The van der Waals surface area contributed by atoms with E-state index in [0.29, 0.717) is 5.69 Å². The predicted molar refractivity (Wildman–Crippen MR) is 58.0 cm³/mol. The van der Waals surface area contributed by atoms with E-state index >= 15 is 0 Å². The summed E-state index contributed by atoms with van der Waals surface area (Å²) in [5, 5.41) is 15.8. The number of aliphatic hydroxyl groups excluding tert-OH is 1. The summed E-state index contributed by atoms with van der Waals surface area (Å²) in [7, 11) is -1.90. The number of sulfone groups is 1. The normalized spacial score (nSPS) is 14.0. The zero-order valence-electron chi connectivity index (χ0n) is 9.52. The molecule has 0 bridgehead atoms. The van der Waals surface area contributed by atoms with Gasteiger partial charge in [-0.05, 0) is 20.9 Å². The fraction of sp³-hybridized carbons (Fsp3) is 0.667. The molecule has 1 atom stereocenters. The van der Waals surface area contributed by atoms with E-state index in [1.54, 1.807) is 14.0 Å². The Morgan fingerprint density at radius 2 is 2.12 bits per heavy atom. The average Bonchev–Trinajstić information content (AvgIpc) is 2.45. The largest absolute Gasteiger partial charge is 0.391 e. The van der Waals surface area contributed by atoms with Crippen LogP contribution < -0.4 is 5.32 Å². The number of likely N-dealkylation sites (N-methyl/N-ethyl adjacent to an activating group) is 1. The summed E-state index contributed by atoms with van der Waals surface area (Å²) >= 11 is 0. The second-order valence-corrected chi connectivity index (χ2v) is 5.62. The molecule has 1 heterocycles. The Morgan fingerprint density at radius 3 is 2.56 bits per heavy atom. The Labute approximate surface area is 94.6 Å². The third kappa shape index (κ3) is 2.81. The van der Waals surface area contributed by atoms with E-state index in [2.05, 4.69) is 10.5 Å². The fourth-order valence-electron chi connectivity index (χ4n) is 1.55. The van der Waals surface area contributed by atoms with Gasteiger partial charge in [-0.15, -0.1) is 0 Å². The molecule has 6 nitrogen and oxygen atoms in total. The van der Waals surface area contributed by atoms with Crippen LogP contribution in [0.15, 0.2) is 9.42 Å². The molecular weight excluding hydrogens is 232 g/mol. The van der Waals surface area contributed by atoms with Crippen molar-refractivity contribution in [3.8, 4) is 0 Å². The van der Waals surface area contributed by atoms with Crippen molar-refractivity contribution < 1.29 is 18.0 Å². The van der Waals surface area contributed by atoms with Crippen molar-refractivity contribution in [3.05, 3.63) is 11.5 Å². The number of hydrogen-bond acceptors (Lipinski definition) is 6. The van der Waals surface area contributed by atoms with Crippen LogP contribution in [0.1, 0.15) is 11.5 Å². The topological polar surface area (TPSA) is 92.4 Å². The molecule has 0 spiro atoms. The van der Waals surface area contributed by atoms with Gasteiger partial charge in [0.1, 0.15) is 4.90 Å². The number of aryl methyl sites for hydroxylation is 2. The Bertz CT molecular complexity index is 433. The molecule has 0 aromatic carbocycles. The molecule has 0 aliphatic heterocycles. The van der Waals surface area contributed by atoms with Gasteiger partial charge in [0.15, 0.2) is 15.6 Å². The van der Waals surface area contributed by atoms with Crippen molar-refractivity contribution in [3.63, 3.8) is 0 Å². The first-order valence-electron chi connectivity index (χ1n) is 4.86. The van der Waals surface area contributed by atoms with E-state index in [9.17, 15) is 13.5 Å². The second kappa shape index (κ2) is 4.94. The summed E-state index contributed by atoms with van der Waals surface area (Å²) in [5.41, 5.74) is 0.328. The lowest BCUT2D eigenvalue weighted by molar-refractivity contribution is 0.196. The minimum atomic E-state index is -3.55. The molecule has 0 aliphatic carbocycles. The van der Waals surface area contributed by atoms with Crippen molar-refractivity contribution in [2.45, 2.75) is 24.8 Å². The smallest absolute Gasteiger partial charge is 0.186 e. The van der Waals surface area contributed by atoms with Gasteiger partial charge in [-0.2, -0.15) is 0 Å². The molecule has 0 aliphatic rings. The first-order valence-corrected chi connectivity index (χ1v) is 6.52. The van der Waals surface area contributed by atoms with E-state index in [1.807, 2.05) is 0 Å². The molecule has 1 rings (SSSR count). The van der Waals surface area contributed by atoms with E-state index in [1.165, 1.54) is 6.92 Å². The van der Waals surface area contributed by atoms with Gasteiger partial charge in [-0.3, -0.25) is 0 Å². The van der Waals surface area contributed by atoms with Crippen LogP contribution in [0.4, 0.5) is 0 Å². The van der Waals surface area contributed by atoms with Crippen LogP contribution in [0.3, 0.4) is 0 Å². The highest BCUT2D eigenvalue weighted by Gasteiger charge is 2.26. The quantitative estimate of drug-likeness (QED) is 0.739. The molecule has 1 unspecified atom stereocenters. The number of aliphatic hydroxyl groups is 1. The molecule has 0 radical (unpaired) electrons. The minimum absolute atomic E-state index is 0.0858. The zero-order chi connectivity index (χ0) is 12.3. The zero-order valence-corrected chi connectivity index (χ0v) is 10.3. The third-order valence-electron chi connectivity index (χ3n) is 2.13. The van der Waals surface area contributed by atoms with Crippen LogP contribution in [0, 0.1) is 13.8 Å². The Hall–Kier alpha value is -0.920. The molecule has 0 amide bonds. The summed E-state index contributed by atoms with van der Waals surface area (Å²) in [6.07, 6.45) is -0.941. The first-order chi connectivity index (χ1) is 7.38. The predicted octanol–water partition coefficient (Wildman–Crippen LogP) is -0.355.